The SMILES string of the molecule is COc1ccc(S[C@H](C)C(=O)Nc2ncccc2O)cc1. The Morgan fingerprint density at radius 3 is 2.67 bits per heavy atom. The van der Waals surface area contributed by atoms with Crippen LogP contribution in [0.25, 0.3) is 0 Å². The molecule has 0 saturated carbocycles. The molecule has 1 amide bonds. The highest BCUT2D eigenvalue weighted by Gasteiger charge is 2.16. The van der Waals surface area contributed by atoms with Crippen molar-refractivity contribution in [2.24, 2.45) is 0 Å². The molecule has 2 rings (SSSR count). The van der Waals surface area contributed by atoms with Crippen LogP contribution in [0.1, 0.15) is 6.92 Å². The summed E-state index contributed by atoms with van der Waals surface area (Å²) in [7, 11) is 1.61. The van der Waals surface area contributed by atoms with Gasteiger partial charge >= 0.3 is 0 Å². The number of rotatable bonds is 5. The largest absolute Gasteiger partial charge is 0.504 e. The van der Waals surface area contributed by atoms with Gasteiger partial charge in [0.05, 0.1) is 12.4 Å². The molecule has 21 heavy (non-hydrogen) atoms. The van der Waals surface area contributed by atoms with Crippen LogP contribution in [-0.4, -0.2) is 28.4 Å². The molecule has 2 aromatic rings. The lowest BCUT2D eigenvalue weighted by atomic mass is 10.3. The van der Waals surface area contributed by atoms with Gasteiger partial charge in [-0.3, -0.25) is 4.79 Å². The molecule has 0 fully saturated rings. The number of nitrogens with zero attached hydrogens (tertiary/aromatic N) is 1. The highest BCUT2D eigenvalue weighted by Crippen LogP contribution is 2.27. The smallest absolute Gasteiger partial charge is 0.238 e. The number of amides is 1. The summed E-state index contributed by atoms with van der Waals surface area (Å²) >= 11 is 1.42. The van der Waals surface area contributed by atoms with Crippen LogP contribution in [0.4, 0.5) is 5.82 Å². The molecule has 0 aliphatic heterocycles. The van der Waals surface area contributed by atoms with E-state index in [1.54, 1.807) is 20.1 Å². The van der Waals surface area contributed by atoms with Gasteiger partial charge in [0.2, 0.25) is 5.91 Å². The lowest BCUT2D eigenvalue weighted by Crippen LogP contribution is -2.22. The van der Waals surface area contributed by atoms with Crippen LogP contribution in [0.2, 0.25) is 0 Å². The van der Waals surface area contributed by atoms with Gasteiger partial charge in [-0.2, -0.15) is 0 Å². The molecular formula is C15H16N2O3S. The van der Waals surface area contributed by atoms with Crippen molar-refractivity contribution in [1.82, 2.24) is 4.98 Å². The second-order valence-corrected chi connectivity index (χ2v) is 5.71. The Bertz CT molecular complexity index is 617. The van der Waals surface area contributed by atoms with Crippen molar-refractivity contribution < 1.29 is 14.6 Å². The number of anilines is 1. The van der Waals surface area contributed by atoms with Gasteiger partial charge < -0.3 is 15.2 Å². The summed E-state index contributed by atoms with van der Waals surface area (Å²) in [6, 6.07) is 10.6. The first-order valence-corrected chi connectivity index (χ1v) is 7.23. The molecule has 1 atom stereocenters. The van der Waals surface area contributed by atoms with Crippen LogP contribution < -0.4 is 10.1 Å². The molecule has 6 heteroatoms. The maximum atomic E-state index is 12.1. The molecule has 110 valence electrons. The summed E-state index contributed by atoms with van der Waals surface area (Å²) in [5, 5.41) is 11.9. The Morgan fingerprint density at radius 2 is 2.05 bits per heavy atom. The predicted molar refractivity (Wildman–Crippen MR) is 82.8 cm³/mol. The molecule has 2 N–H and O–H groups in total. The van der Waals surface area contributed by atoms with Crippen molar-refractivity contribution in [2.75, 3.05) is 12.4 Å². The van der Waals surface area contributed by atoms with Crippen LogP contribution in [0.15, 0.2) is 47.5 Å². The van der Waals surface area contributed by atoms with Gasteiger partial charge in [-0.05, 0) is 43.3 Å². The van der Waals surface area contributed by atoms with Crippen molar-refractivity contribution in [2.45, 2.75) is 17.1 Å². The van der Waals surface area contributed by atoms with Gasteiger partial charge in [-0.1, -0.05) is 0 Å². The number of aromatic nitrogens is 1. The van der Waals surface area contributed by atoms with Crippen LogP contribution in [0.5, 0.6) is 11.5 Å². The zero-order valence-electron chi connectivity index (χ0n) is 11.7. The highest BCUT2D eigenvalue weighted by atomic mass is 32.2. The minimum atomic E-state index is -0.320. The van der Waals surface area contributed by atoms with E-state index in [2.05, 4.69) is 10.3 Å². The third-order valence-electron chi connectivity index (χ3n) is 2.77. The maximum absolute atomic E-state index is 12.1. The van der Waals surface area contributed by atoms with E-state index in [0.29, 0.717) is 0 Å². The Morgan fingerprint density at radius 1 is 1.33 bits per heavy atom. The quantitative estimate of drug-likeness (QED) is 0.831. The van der Waals surface area contributed by atoms with Crippen LogP contribution in [-0.2, 0) is 4.79 Å². The van der Waals surface area contributed by atoms with Crippen molar-refractivity contribution >= 4 is 23.5 Å². The normalized spacial score (nSPS) is 11.7. The fourth-order valence-electron chi connectivity index (χ4n) is 1.62. The second-order valence-electron chi connectivity index (χ2n) is 4.30. The molecule has 0 saturated heterocycles. The number of aromatic hydroxyl groups is 1. The molecule has 1 heterocycles. The molecule has 0 spiro atoms. The zero-order chi connectivity index (χ0) is 15.2. The molecule has 0 aliphatic carbocycles. The van der Waals surface area contributed by atoms with Gasteiger partial charge in [0.25, 0.3) is 0 Å². The van der Waals surface area contributed by atoms with Gasteiger partial charge in [-0.15, -0.1) is 11.8 Å². The Labute approximate surface area is 127 Å². The Balaban J connectivity index is 1.97. The summed E-state index contributed by atoms with van der Waals surface area (Å²) in [6.07, 6.45) is 1.51. The molecule has 0 radical (unpaired) electrons. The second kappa shape index (κ2) is 6.99. The van der Waals surface area contributed by atoms with Crippen LogP contribution in [0, 0.1) is 0 Å². The number of ether oxygens (including phenoxy) is 1. The van der Waals surface area contributed by atoms with Crippen LogP contribution >= 0.6 is 11.8 Å². The molecule has 5 nitrogen and oxygen atoms in total. The number of methoxy groups -OCH3 is 1. The Kier molecular flexibility index (Phi) is 5.05. The van der Waals surface area contributed by atoms with Gasteiger partial charge in [-0.25, -0.2) is 4.98 Å². The summed E-state index contributed by atoms with van der Waals surface area (Å²) < 4.78 is 5.09. The average molecular weight is 304 g/mol. The van der Waals surface area contributed by atoms with E-state index in [9.17, 15) is 9.90 Å². The van der Waals surface area contributed by atoms with E-state index in [1.165, 1.54) is 24.0 Å². The number of nitrogens with one attached hydrogen (secondary N) is 1. The maximum Gasteiger partial charge on any atom is 0.238 e. The summed E-state index contributed by atoms with van der Waals surface area (Å²) in [5.74, 6) is 0.678. The van der Waals surface area contributed by atoms with E-state index in [0.717, 1.165) is 10.6 Å². The fourth-order valence-corrected chi connectivity index (χ4v) is 2.49. The summed E-state index contributed by atoms with van der Waals surface area (Å²) in [5.41, 5.74) is 0. The number of carbonyl (C=O) groups excluding carboxylic acids is 1. The lowest BCUT2D eigenvalue weighted by molar-refractivity contribution is -0.115. The average Bonchev–Trinajstić information content (AvgIpc) is 2.50. The number of carbonyl (C=O) groups is 1. The highest BCUT2D eigenvalue weighted by molar-refractivity contribution is 8.00. The van der Waals surface area contributed by atoms with Crippen molar-refractivity contribution in [1.29, 1.82) is 0 Å². The molecule has 0 aliphatic rings. The summed E-state index contributed by atoms with van der Waals surface area (Å²) in [4.78, 5) is 17.0. The number of hydrogen-bond acceptors (Lipinski definition) is 5. The third kappa shape index (κ3) is 4.13. The molecule has 1 aromatic carbocycles. The minimum Gasteiger partial charge on any atom is -0.504 e. The van der Waals surface area contributed by atoms with Crippen LogP contribution in [0.3, 0.4) is 0 Å². The van der Waals surface area contributed by atoms with Gasteiger partial charge in [0.15, 0.2) is 11.6 Å². The molecule has 1 aromatic heterocycles. The third-order valence-corrected chi connectivity index (χ3v) is 3.88. The van der Waals surface area contributed by atoms with Crippen molar-refractivity contribution in [3.63, 3.8) is 0 Å². The first-order valence-electron chi connectivity index (χ1n) is 6.35. The van der Waals surface area contributed by atoms with Gasteiger partial charge in [0.1, 0.15) is 5.75 Å². The number of pyridine rings is 1. The number of thioether (sulfide) groups is 1. The van der Waals surface area contributed by atoms with E-state index in [1.807, 2.05) is 24.3 Å². The van der Waals surface area contributed by atoms with Crippen molar-refractivity contribution in [3.8, 4) is 11.5 Å². The monoisotopic (exact) mass is 304 g/mol. The molecule has 0 bridgehead atoms. The zero-order valence-corrected chi connectivity index (χ0v) is 12.6. The van der Waals surface area contributed by atoms with E-state index in [-0.39, 0.29) is 22.7 Å². The summed E-state index contributed by atoms with van der Waals surface area (Å²) in [6.45, 7) is 1.80. The number of hydrogen-bond donors (Lipinski definition) is 2. The Hall–Kier alpha value is -2.21. The number of benzene rings is 1. The van der Waals surface area contributed by atoms with E-state index < -0.39 is 0 Å². The molecule has 0 unspecified atom stereocenters. The standard InChI is InChI=1S/C15H16N2O3S/c1-10(21-12-7-5-11(20-2)6-8-12)15(19)17-14-13(18)4-3-9-16-14/h3-10,18H,1-2H3,(H,16,17,19)/t10-/m1/s1. The van der Waals surface area contributed by atoms with E-state index in [4.69, 9.17) is 4.74 Å². The lowest BCUT2D eigenvalue weighted by Gasteiger charge is -2.12. The minimum absolute atomic E-state index is 0.0486. The predicted octanol–water partition coefficient (Wildman–Crippen LogP) is 2.92. The first kappa shape index (κ1) is 15.2. The fraction of sp³-hybridized carbons (Fsp3) is 0.200. The van der Waals surface area contributed by atoms with E-state index >= 15 is 0 Å². The van der Waals surface area contributed by atoms with Gasteiger partial charge in [0, 0.05) is 11.1 Å². The topological polar surface area (TPSA) is 71.5 Å². The molecular weight excluding hydrogens is 288 g/mol. The van der Waals surface area contributed by atoms with Crippen molar-refractivity contribution in [3.05, 3.63) is 42.6 Å². The first-order chi connectivity index (χ1) is 10.1.